The minimum Gasteiger partial charge on any atom is -0.349 e. The van der Waals surface area contributed by atoms with E-state index in [2.05, 4.69) is 39.1 Å². The Hall–Kier alpha value is -3.21. The second-order valence-corrected chi connectivity index (χ2v) is 10.7. The Bertz CT molecular complexity index is 1090. The fourth-order valence-corrected chi connectivity index (χ4v) is 5.36. The van der Waals surface area contributed by atoms with Crippen LogP contribution in [-0.4, -0.2) is 98.0 Å². The van der Waals surface area contributed by atoms with Crippen LogP contribution in [0.2, 0.25) is 0 Å². The molecule has 2 aromatic rings. The van der Waals surface area contributed by atoms with Crippen LogP contribution in [0.5, 0.6) is 0 Å². The normalized spacial score (nSPS) is 20.9. The Morgan fingerprint density at radius 2 is 1.92 bits per heavy atom. The molecule has 2 bridgehead atoms. The number of amides is 3. The maximum atomic E-state index is 13.3. The van der Waals surface area contributed by atoms with Crippen LogP contribution < -0.4 is 5.32 Å². The van der Waals surface area contributed by atoms with Crippen molar-refractivity contribution in [3.8, 4) is 0 Å². The van der Waals surface area contributed by atoms with E-state index in [-0.39, 0.29) is 36.2 Å². The van der Waals surface area contributed by atoms with E-state index in [4.69, 9.17) is 0 Å². The quantitative estimate of drug-likeness (QED) is 0.630. The molecule has 3 heterocycles. The lowest BCUT2D eigenvalue weighted by molar-refractivity contribution is -0.141. The summed E-state index contributed by atoms with van der Waals surface area (Å²) in [5.41, 5.74) is 3.40. The highest BCUT2D eigenvalue weighted by molar-refractivity contribution is 5.94. The predicted octanol–water partition coefficient (Wildman–Crippen LogP) is 0.969. The van der Waals surface area contributed by atoms with E-state index < -0.39 is 0 Å². The number of fused-ring (bicyclic) bond motifs is 1. The van der Waals surface area contributed by atoms with E-state index in [1.54, 1.807) is 27.0 Å². The van der Waals surface area contributed by atoms with E-state index in [0.29, 0.717) is 57.7 Å². The van der Waals surface area contributed by atoms with Crippen molar-refractivity contribution < 1.29 is 14.4 Å². The number of aromatic amines is 1. The van der Waals surface area contributed by atoms with Gasteiger partial charge in [0.15, 0.2) is 5.69 Å². The lowest BCUT2D eigenvalue weighted by Crippen LogP contribution is -2.47. The molecule has 3 amide bonds. The highest BCUT2D eigenvalue weighted by atomic mass is 16.2. The first-order chi connectivity index (χ1) is 17.7. The lowest BCUT2D eigenvalue weighted by atomic mass is 9.90. The maximum absolute atomic E-state index is 13.3. The summed E-state index contributed by atoms with van der Waals surface area (Å²) >= 11 is 0. The third-order valence-electron chi connectivity index (χ3n) is 7.38. The van der Waals surface area contributed by atoms with Gasteiger partial charge in [-0.05, 0) is 38.1 Å². The molecule has 1 unspecified atom stereocenters. The first kappa shape index (κ1) is 26.8. The third-order valence-corrected chi connectivity index (χ3v) is 7.38. The summed E-state index contributed by atoms with van der Waals surface area (Å²) in [6.07, 6.45) is 6.61. The van der Waals surface area contributed by atoms with Crippen molar-refractivity contribution in [3.05, 3.63) is 35.2 Å². The molecule has 2 N–H and O–H groups in total. The molecule has 4 rings (SSSR count). The van der Waals surface area contributed by atoms with Crippen molar-refractivity contribution in [3.63, 3.8) is 0 Å². The fraction of sp³-hybridized carbons (Fsp3) is 0.654. The molecular formula is C26H40N8O3. The van der Waals surface area contributed by atoms with Gasteiger partial charge >= 0.3 is 0 Å². The molecule has 0 aromatic carbocycles. The molecular weight excluding hydrogens is 472 g/mol. The highest BCUT2D eigenvalue weighted by Gasteiger charge is 2.32. The number of imidazole rings is 1. The van der Waals surface area contributed by atoms with Gasteiger partial charge in [0, 0.05) is 75.9 Å². The van der Waals surface area contributed by atoms with Gasteiger partial charge in [-0.1, -0.05) is 13.8 Å². The first-order valence-corrected chi connectivity index (χ1v) is 13.3. The standard InChI is InChI=1S/C26H40N8O3/c1-18(2)14-34-16-24(36)31(3)20-7-8-22-21(12-20)25(30-32(22)4)26(37)28-9-11-33(10-5-6-23(34)35)15-19-13-27-17-29-19/h13,17-18,20H,5-12,14-16H2,1-4H3,(H,27,29)(H,28,37). The summed E-state index contributed by atoms with van der Waals surface area (Å²) in [4.78, 5) is 52.6. The minimum absolute atomic E-state index is 0.00929. The molecule has 0 spiro atoms. The Morgan fingerprint density at radius 1 is 1.11 bits per heavy atom. The summed E-state index contributed by atoms with van der Waals surface area (Å²) in [5, 5.41) is 7.59. The van der Waals surface area contributed by atoms with Crippen LogP contribution in [0.15, 0.2) is 12.5 Å². The van der Waals surface area contributed by atoms with Crippen LogP contribution >= 0.6 is 0 Å². The molecule has 202 valence electrons. The Morgan fingerprint density at radius 3 is 2.65 bits per heavy atom. The van der Waals surface area contributed by atoms with Crippen molar-refractivity contribution in [1.29, 1.82) is 0 Å². The SMILES string of the molecule is CC(C)CN1CC(=O)N(C)C2CCc3c(c(nn3C)C(=O)NCCN(Cc3cnc[nH]3)CCCC1=O)C2. The van der Waals surface area contributed by atoms with Crippen molar-refractivity contribution in [2.24, 2.45) is 13.0 Å². The number of aromatic nitrogens is 4. The van der Waals surface area contributed by atoms with Gasteiger partial charge in [-0.25, -0.2) is 4.98 Å². The summed E-state index contributed by atoms with van der Waals surface area (Å²) in [7, 11) is 3.69. The number of aryl methyl sites for hydroxylation is 1. The molecule has 2 aromatic heterocycles. The Labute approximate surface area is 218 Å². The number of likely N-dealkylation sites (N-methyl/N-ethyl adjacent to an activating group) is 1. The Kier molecular flexibility index (Phi) is 8.63. The largest absolute Gasteiger partial charge is 0.349 e. The van der Waals surface area contributed by atoms with Crippen LogP contribution in [0, 0.1) is 5.92 Å². The van der Waals surface area contributed by atoms with Crippen molar-refractivity contribution in [2.45, 2.75) is 58.5 Å². The average molecular weight is 513 g/mol. The molecule has 0 fully saturated rings. The van der Waals surface area contributed by atoms with E-state index >= 15 is 0 Å². The second kappa shape index (κ2) is 11.9. The number of hydrogen-bond acceptors (Lipinski definition) is 6. The summed E-state index contributed by atoms with van der Waals surface area (Å²) in [6, 6.07) is -0.0349. The van der Waals surface area contributed by atoms with Gasteiger partial charge < -0.3 is 20.1 Å². The molecule has 0 saturated heterocycles. The monoisotopic (exact) mass is 512 g/mol. The molecule has 11 heteroatoms. The van der Waals surface area contributed by atoms with Crippen LogP contribution in [0.3, 0.4) is 0 Å². The van der Waals surface area contributed by atoms with Crippen LogP contribution in [0.1, 0.15) is 60.5 Å². The van der Waals surface area contributed by atoms with Crippen molar-refractivity contribution in [1.82, 2.24) is 39.8 Å². The van der Waals surface area contributed by atoms with Gasteiger partial charge in [-0.2, -0.15) is 5.10 Å². The number of hydrogen-bond donors (Lipinski definition) is 2. The first-order valence-electron chi connectivity index (χ1n) is 13.3. The number of carbonyl (C=O) groups is 3. The second-order valence-electron chi connectivity index (χ2n) is 10.7. The van der Waals surface area contributed by atoms with E-state index in [9.17, 15) is 14.4 Å². The molecule has 11 nitrogen and oxygen atoms in total. The summed E-state index contributed by atoms with van der Waals surface area (Å²) in [5.74, 6) is 0.0217. The molecule has 0 radical (unpaired) electrons. The molecule has 2 aliphatic rings. The van der Waals surface area contributed by atoms with Crippen molar-refractivity contribution >= 4 is 17.7 Å². The van der Waals surface area contributed by atoms with Gasteiger partial charge in [-0.3, -0.25) is 24.0 Å². The summed E-state index contributed by atoms with van der Waals surface area (Å²) in [6.45, 7) is 7.18. The van der Waals surface area contributed by atoms with Crippen molar-refractivity contribution in [2.75, 3.05) is 39.8 Å². The number of nitrogens with one attached hydrogen (secondary N) is 2. The van der Waals surface area contributed by atoms with Gasteiger partial charge in [0.2, 0.25) is 11.8 Å². The van der Waals surface area contributed by atoms with Crippen LogP contribution in [0.4, 0.5) is 0 Å². The predicted molar refractivity (Wildman–Crippen MR) is 139 cm³/mol. The molecule has 1 atom stereocenters. The average Bonchev–Trinajstić information content (AvgIpc) is 3.49. The topological polar surface area (TPSA) is 119 Å². The Balaban J connectivity index is 1.58. The lowest BCUT2D eigenvalue weighted by Gasteiger charge is -2.34. The zero-order chi connectivity index (χ0) is 26.5. The number of H-pyrrole nitrogens is 1. The van der Waals surface area contributed by atoms with E-state index in [1.165, 1.54) is 0 Å². The van der Waals surface area contributed by atoms with E-state index in [1.807, 2.05) is 14.1 Å². The van der Waals surface area contributed by atoms with Gasteiger partial charge in [0.05, 0.1) is 12.9 Å². The zero-order valence-corrected chi connectivity index (χ0v) is 22.5. The van der Waals surface area contributed by atoms with Gasteiger partial charge in [0.1, 0.15) is 0 Å². The highest BCUT2D eigenvalue weighted by Crippen LogP contribution is 2.27. The zero-order valence-electron chi connectivity index (χ0n) is 22.5. The van der Waals surface area contributed by atoms with Gasteiger partial charge in [0.25, 0.3) is 5.91 Å². The molecule has 37 heavy (non-hydrogen) atoms. The fourth-order valence-electron chi connectivity index (χ4n) is 5.36. The molecule has 1 aliphatic carbocycles. The smallest absolute Gasteiger partial charge is 0.272 e. The number of carbonyl (C=O) groups excluding carboxylic acids is 3. The summed E-state index contributed by atoms with van der Waals surface area (Å²) < 4.78 is 1.80. The third kappa shape index (κ3) is 6.57. The molecule has 1 aliphatic heterocycles. The maximum Gasteiger partial charge on any atom is 0.272 e. The number of rotatable bonds is 4. The minimum atomic E-state index is -0.185. The van der Waals surface area contributed by atoms with Gasteiger partial charge in [-0.15, -0.1) is 0 Å². The number of nitrogens with zero attached hydrogens (tertiary/aromatic N) is 6. The van der Waals surface area contributed by atoms with E-state index in [0.717, 1.165) is 29.8 Å². The van der Waals surface area contributed by atoms with Crippen LogP contribution in [0.25, 0.3) is 0 Å². The molecule has 0 saturated carbocycles. The van der Waals surface area contributed by atoms with Crippen LogP contribution in [-0.2, 0) is 36.0 Å².